The SMILES string of the molecule is O=C(Nc1ccccc1N1C(=O)CCC1=O)C1CCC1. The van der Waals surface area contributed by atoms with Gasteiger partial charge >= 0.3 is 0 Å². The van der Waals surface area contributed by atoms with Crippen LogP contribution in [0.25, 0.3) is 0 Å². The average molecular weight is 272 g/mol. The van der Waals surface area contributed by atoms with Crippen molar-refractivity contribution in [2.45, 2.75) is 32.1 Å². The van der Waals surface area contributed by atoms with Crippen LogP contribution in [0.2, 0.25) is 0 Å². The maximum Gasteiger partial charge on any atom is 0.234 e. The Bertz CT molecular complexity index is 562. The fourth-order valence-electron chi connectivity index (χ4n) is 2.52. The fraction of sp³-hybridized carbons (Fsp3) is 0.400. The quantitative estimate of drug-likeness (QED) is 0.857. The van der Waals surface area contributed by atoms with Crippen molar-refractivity contribution >= 4 is 29.1 Å². The molecule has 1 N–H and O–H groups in total. The highest BCUT2D eigenvalue weighted by Crippen LogP contribution is 2.32. The summed E-state index contributed by atoms with van der Waals surface area (Å²) in [6, 6.07) is 6.96. The highest BCUT2D eigenvalue weighted by atomic mass is 16.2. The molecule has 1 aliphatic heterocycles. The molecule has 1 aromatic rings. The smallest absolute Gasteiger partial charge is 0.234 e. The molecule has 1 aliphatic carbocycles. The fourth-order valence-corrected chi connectivity index (χ4v) is 2.52. The molecule has 104 valence electrons. The third kappa shape index (κ3) is 2.19. The summed E-state index contributed by atoms with van der Waals surface area (Å²) in [5, 5.41) is 2.85. The number of carbonyl (C=O) groups excluding carboxylic acids is 3. The highest BCUT2D eigenvalue weighted by molar-refractivity contribution is 6.21. The van der Waals surface area contributed by atoms with E-state index in [1.54, 1.807) is 24.3 Å². The Balaban J connectivity index is 1.86. The number of imide groups is 1. The Kier molecular flexibility index (Phi) is 3.26. The van der Waals surface area contributed by atoms with Gasteiger partial charge in [-0.15, -0.1) is 0 Å². The number of benzene rings is 1. The lowest BCUT2D eigenvalue weighted by atomic mass is 9.85. The van der Waals surface area contributed by atoms with Crippen molar-refractivity contribution in [2.75, 3.05) is 10.2 Å². The second-order valence-electron chi connectivity index (χ2n) is 5.26. The minimum absolute atomic E-state index is 0.0252. The van der Waals surface area contributed by atoms with Crippen LogP contribution in [0.15, 0.2) is 24.3 Å². The van der Waals surface area contributed by atoms with E-state index in [4.69, 9.17) is 0 Å². The Hall–Kier alpha value is -2.17. The lowest BCUT2D eigenvalue weighted by Gasteiger charge is -2.25. The van der Waals surface area contributed by atoms with Gasteiger partial charge in [0.15, 0.2) is 0 Å². The number of nitrogens with one attached hydrogen (secondary N) is 1. The summed E-state index contributed by atoms with van der Waals surface area (Å²) < 4.78 is 0. The number of para-hydroxylation sites is 2. The minimum atomic E-state index is -0.208. The van der Waals surface area contributed by atoms with E-state index in [1.165, 1.54) is 4.90 Å². The van der Waals surface area contributed by atoms with E-state index < -0.39 is 0 Å². The van der Waals surface area contributed by atoms with E-state index in [0.717, 1.165) is 19.3 Å². The number of nitrogens with zero attached hydrogens (tertiary/aromatic N) is 1. The Morgan fingerprint density at radius 3 is 2.35 bits per heavy atom. The summed E-state index contributed by atoms with van der Waals surface area (Å²) in [7, 11) is 0. The Morgan fingerprint density at radius 2 is 1.75 bits per heavy atom. The van der Waals surface area contributed by atoms with Gasteiger partial charge in [-0.25, -0.2) is 4.90 Å². The van der Waals surface area contributed by atoms with Gasteiger partial charge < -0.3 is 5.32 Å². The van der Waals surface area contributed by atoms with Crippen molar-refractivity contribution < 1.29 is 14.4 Å². The van der Waals surface area contributed by atoms with Crippen molar-refractivity contribution in [3.63, 3.8) is 0 Å². The molecular formula is C15H16N2O3. The van der Waals surface area contributed by atoms with E-state index in [1.807, 2.05) is 0 Å². The molecule has 0 aromatic heterocycles. The van der Waals surface area contributed by atoms with Gasteiger partial charge in [0.1, 0.15) is 0 Å². The molecule has 5 nitrogen and oxygen atoms in total. The first-order valence-electron chi connectivity index (χ1n) is 6.92. The molecule has 1 saturated carbocycles. The number of anilines is 2. The van der Waals surface area contributed by atoms with Crippen molar-refractivity contribution in [2.24, 2.45) is 5.92 Å². The monoisotopic (exact) mass is 272 g/mol. The lowest BCUT2D eigenvalue weighted by Crippen LogP contribution is -2.32. The van der Waals surface area contributed by atoms with Gasteiger partial charge in [-0.05, 0) is 25.0 Å². The topological polar surface area (TPSA) is 66.5 Å². The zero-order valence-electron chi connectivity index (χ0n) is 11.1. The number of rotatable bonds is 3. The number of hydrogen-bond donors (Lipinski definition) is 1. The normalized spacial score (nSPS) is 19.1. The number of carbonyl (C=O) groups is 3. The van der Waals surface area contributed by atoms with Crippen molar-refractivity contribution in [3.05, 3.63) is 24.3 Å². The van der Waals surface area contributed by atoms with Gasteiger partial charge in [-0.3, -0.25) is 14.4 Å². The standard InChI is InChI=1S/C15H16N2O3/c18-13-8-9-14(19)17(13)12-7-2-1-6-11(12)16-15(20)10-4-3-5-10/h1-2,6-7,10H,3-5,8-9H2,(H,16,20). The zero-order chi connectivity index (χ0) is 14.1. The summed E-state index contributed by atoms with van der Waals surface area (Å²) in [5.41, 5.74) is 1.01. The maximum atomic E-state index is 12.0. The van der Waals surface area contributed by atoms with Crippen LogP contribution < -0.4 is 10.2 Å². The third-order valence-electron chi connectivity index (χ3n) is 3.93. The van der Waals surface area contributed by atoms with Gasteiger partial charge in [0.2, 0.25) is 17.7 Å². The molecule has 0 radical (unpaired) electrons. The Labute approximate surface area is 116 Å². The average Bonchev–Trinajstić information content (AvgIpc) is 2.68. The molecule has 2 aliphatic rings. The van der Waals surface area contributed by atoms with Crippen LogP contribution >= 0.6 is 0 Å². The molecule has 0 bridgehead atoms. The van der Waals surface area contributed by atoms with Crippen molar-refractivity contribution in [1.82, 2.24) is 0 Å². The van der Waals surface area contributed by atoms with Gasteiger partial charge in [-0.2, -0.15) is 0 Å². The summed E-state index contributed by atoms with van der Waals surface area (Å²) >= 11 is 0. The summed E-state index contributed by atoms with van der Waals surface area (Å²) in [5.74, 6) is -0.378. The second kappa shape index (κ2) is 5.07. The highest BCUT2D eigenvalue weighted by Gasteiger charge is 2.32. The van der Waals surface area contributed by atoms with Crippen LogP contribution in [0, 0.1) is 5.92 Å². The van der Waals surface area contributed by atoms with Gasteiger partial charge in [0.05, 0.1) is 11.4 Å². The molecule has 1 heterocycles. The molecule has 1 saturated heterocycles. The van der Waals surface area contributed by atoms with Crippen molar-refractivity contribution in [3.8, 4) is 0 Å². The van der Waals surface area contributed by atoms with E-state index >= 15 is 0 Å². The van der Waals surface area contributed by atoms with Gasteiger partial charge in [0, 0.05) is 18.8 Å². The van der Waals surface area contributed by atoms with E-state index in [-0.39, 0.29) is 36.5 Å². The molecular weight excluding hydrogens is 256 g/mol. The summed E-state index contributed by atoms with van der Waals surface area (Å²) in [6.45, 7) is 0. The van der Waals surface area contributed by atoms with Crippen LogP contribution in [0.4, 0.5) is 11.4 Å². The van der Waals surface area contributed by atoms with Crippen LogP contribution in [0.5, 0.6) is 0 Å². The largest absolute Gasteiger partial charge is 0.324 e. The number of hydrogen-bond acceptors (Lipinski definition) is 3. The van der Waals surface area contributed by atoms with Gasteiger partial charge in [0.25, 0.3) is 0 Å². The summed E-state index contributed by atoms with van der Waals surface area (Å²) in [6.07, 6.45) is 3.39. The molecule has 3 amide bonds. The molecule has 0 unspecified atom stereocenters. The Morgan fingerprint density at radius 1 is 1.10 bits per heavy atom. The molecule has 5 heteroatoms. The van der Waals surface area contributed by atoms with Crippen LogP contribution in [-0.2, 0) is 14.4 Å². The van der Waals surface area contributed by atoms with Crippen LogP contribution in [-0.4, -0.2) is 17.7 Å². The number of amides is 3. The van der Waals surface area contributed by atoms with Crippen LogP contribution in [0.1, 0.15) is 32.1 Å². The van der Waals surface area contributed by atoms with Gasteiger partial charge in [-0.1, -0.05) is 18.6 Å². The maximum absolute atomic E-state index is 12.0. The van der Waals surface area contributed by atoms with E-state index in [9.17, 15) is 14.4 Å². The van der Waals surface area contributed by atoms with E-state index in [0.29, 0.717) is 11.4 Å². The predicted octanol–water partition coefficient (Wildman–Crippen LogP) is 2.08. The molecule has 1 aromatic carbocycles. The molecule has 2 fully saturated rings. The van der Waals surface area contributed by atoms with Crippen molar-refractivity contribution in [1.29, 1.82) is 0 Å². The summed E-state index contributed by atoms with van der Waals surface area (Å²) in [4.78, 5) is 36.8. The molecule has 0 atom stereocenters. The first-order chi connectivity index (χ1) is 9.66. The zero-order valence-corrected chi connectivity index (χ0v) is 11.1. The molecule has 0 spiro atoms. The first kappa shape index (κ1) is 12.8. The van der Waals surface area contributed by atoms with E-state index in [2.05, 4.69) is 5.32 Å². The lowest BCUT2D eigenvalue weighted by molar-refractivity contribution is -0.123. The molecule has 3 rings (SSSR count). The van der Waals surface area contributed by atoms with Crippen LogP contribution in [0.3, 0.4) is 0 Å². The molecule has 20 heavy (non-hydrogen) atoms. The first-order valence-corrected chi connectivity index (χ1v) is 6.92. The third-order valence-corrected chi connectivity index (χ3v) is 3.93. The predicted molar refractivity (Wildman–Crippen MR) is 74.1 cm³/mol. The minimum Gasteiger partial charge on any atom is -0.324 e. The second-order valence-corrected chi connectivity index (χ2v) is 5.26.